The fourth-order valence-electron chi connectivity index (χ4n) is 2.00. The van der Waals surface area contributed by atoms with Gasteiger partial charge in [-0.15, -0.1) is 11.3 Å². The highest BCUT2D eigenvalue weighted by atomic mass is 32.1. The first-order chi connectivity index (χ1) is 8.00. The second-order valence-corrected chi connectivity index (χ2v) is 5.86. The molecule has 0 atom stereocenters. The normalized spacial score (nSPS) is 10.6. The average Bonchev–Trinajstić information content (AvgIpc) is 2.61. The highest BCUT2D eigenvalue weighted by Gasteiger charge is 2.16. The molecule has 0 bridgehead atoms. The number of carbonyl (C=O) groups excluding carboxylic acids is 1. The molecule has 0 N–H and O–H groups in total. The van der Waals surface area contributed by atoms with Crippen LogP contribution in [-0.2, 0) is 0 Å². The molecule has 0 aliphatic heterocycles. The Kier molecular flexibility index (Phi) is 3.16. The standard InChI is InChI=1S/C15H16OS/c1-9-6-5-7-13(11(9)3)15(16)14-8-10(2)17-12(14)4/h5-8H,1-4H3. The van der Waals surface area contributed by atoms with E-state index in [1.807, 2.05) is 52.0 Å². The summed E-state index contributed by atoms with van der Waals surface area (Å²) >= 11 is 1.68. The number of carbonyl (C=O) groups is 1. The zero-order valence-electron chi connectivity index (χ0n) is 10.6. The quantitative estimate of drug-likeness (QED) is 0.723. The fraction of sp³-hybridized carbons (Fsp3) is 0.267. The van der Waals surface area contributed by atoms with Crippen LogP contribution in [0.1, 0.15) is 36.8 Å². The summed E-state index contributed by atoms with van der Waals surface area (Å²) in [6.45, 7) is 8.10. The lowest BCUT2D eigenvalue weighted by molar-refractivity contribution is 0.103. The number of hydrogen-bond donors (Lipinski definition) is 0. The van der Waals surface area contributed by atoms with Crippen LogP contribution in [0.15, 0.2) is 24.3 Å². The molecule has 2 aromatic rings. The number of hydrogen-bond acceptors (Lipinski definition) is 2. The maximum absolute atomic E-state index is 12.5. The van der Waals surface area contributed by atoms with Crippen LogP contribution in [0.5, 0.6) is 0 Å². The van der Waals surface area contributed by atoms with E-state index < -0.39 is 0 Å². The summed E-state index contributed by atoms with van der Waals surface area (Å²) in [5.41, 5.74) is 3.92. The van der Waals surface area contributed by atoms with Crippen molar-refractivity contribution < 1.29 is 4.79 Å². The summed E-state index contributed by atoms with van der Waals surface area (Å²) in [5.74, 6) is 0.146. The number of benzene rings is 1. The van der Waals surface area contributed by atoms with Gasteiger partial charge in [0.05, 0.1) is 0 Å². The van der Waals surface area contributed by atoms with Crippen LogP contribution in [-0.4, -0.2) is 5.78 Å². The van der Waals surface area contributed by atoms with Crippen molar-refractivity contribution in [2.75, 3.05) is 0 Å². The van der Waals surface area contributed by atoms with Crippen molar-refractivity contribution in [1.29, 1.82) is 0 Å². The molecule has 17 heavy (non-hydrogen) atoms. The van der Waals surface area contributed by atoms with E-state index in [4.69, 9.17) is 0 Å². The third-order valence-corrected chi connectivity index (χ3v) is 4.10. The van der Waals surface area contributed by atoms with Crippen molar-refractivity contribution in [3.8, 4) is 0 Å². The van der Waals surface area contributed by atoms with Crippen LogP contribution in [0.4, 0.5) is 0 Å². The molecule has 0 aliphatic carbocycles. The molecule has 0 aliphatic rings. The predicted octanol–water partition coefficient (Wildman–Crippen LogP) is 4.21. The van der Waals surface area contributed by atoms with Crippen molar-refractivity contribution >= 4 is 17.1 Å². The Balaban J connectivity index is 2.51. The second-order valence-electron chi connectivity index (χ2n) is 4.40. The van der Waals surface area contributed by atoms with Gasteiger partial charge in [-0.3, -0.25) is 4.79 Å². The Labute approximate surface area is 106 Å². The highest BCUT2D eigenvalue weighted by molar-refractivity contribution is 7.12. The summed E-state index contributed by atoms with van der Waals surface area (Å²) < 4.78 is 0. The number of aryl methyl sites for hydroxylation is 3. The van der Waals surface area contributed by atoms with Crippen LogP contribution in [0.3, 0.4) is 0 Å². The van der Waals surface area contributed by atoms with Gasteiger partial charge in [-0.25, -0.2) is 0 Å². The zero-order valence-corrected chi connectivity index (χ0v) is 11.4. The lowest BCUT2D eigenvalue weighted by Crippen LogP contribution is -2.04. The van der Waals surface area contributed by atoms with Crippen molar-refractivity contribution in [2.45, 2.75) is 27.7 Å². The first-order valence-corrected chi connectivity index (χ1v) is 6.50. The largest absolute Gasteiger partial charge is 0.289 e. The van der Waals surface area contributed by atoms with Gasteiger partial charge in [0.15, 0.2) is 5.78 Å². The van der Waals surface area contributed by atoms with E-state index in [9.17, 15) is 4.79 Å². The van der Waals surface area contributed by atoms with Gasteiger partial charge in [-0.1, -0.05) is 18.2 Å². The van der Waals surface area contributed by atoms with Crippen LogP contribution in [0.25, 0.3) is 0 Å². The molecule has 0 amide bonds. The molecule has 0 saturated heterocycles. The predicted molar refractivity (Wildman–Crippen MR) is 73.1 cm³/mol. The summed E-state index contributed by atoms with van der Waals surface area (Å²) in [7, 11) is 0. The minimum Gasteiger partial charge on any atom is -0.289 e. The molecule has 0 fully saturated rings. The second kappa shape index (κ2) is 4.46. The van der Waals surface area contributed by atoms with Crippen molar-refractivity contribution in [2.24, 2.45) is 0 Å². The number of ketones is 1. The Hall–Kier alpha value is -1.41. The molecule has 1 aromatic carbocycles. The minimum absolute atomic E-state index is 0.146. The van der Waals surface area contributed by atoms with Crippen molar-refractivity contribution in [1.82, 2.24) is 0 Å². The SMILES string of the molecule is Cc1cc(C(=O)c2cccc(C)c2C)c(C)s1. The van der Waals surface area contributed by atoms with Gasteiger partial charge >= 0.3 is 0 Å². The first-order valence-electron chi connectivity index (χ1n) is 5.68. The highest BCUT2D eigenvalue weighted by Crippen LogP contribution is 2.25. The van der Waals surface area contributed by atoms with E-state index in [0.717, 1.165) is 21.6 Å². The van der Waals surface area contributed by atoms with Gasteiger partial charge in [0.25, 0.3) is 0 Å². The first kappa shape index (κ1) is 12.1. The van der Waals surface area contributed by atoms with Crippen LogP contribution in [0, 0.1) is 27.7 Å². The fourth-order valence-corrected chi connectivity index (χ4v) is 2.92. The van der Waals surface area contributed by atoms with E-state index in [0.29, 0.717) is 0 Å². The molecule has 0 saturated carbocycles. The maximum atomic E-state index is 12.5. The van der Waals surface area contributed by atoms with Crippen molar-refractivity contribution in [3.05, 3.63) is 56.3 Å². The molecule has 0 radical (unpaired) electrons. The lowest BCUT2D eigenvalue weighted by atomic mass is 9.96. The molecular formula is C15H16OS. The summed E-state index contributed by atoms with van der Waals surface area (Å²) in [5, 5.41) is 0. The van der Waals surface area contributed by atoms with E-state index >= 15 is 0 Å². The summed E-state index contributed by atoms with van der Waals surface area (Å²) in [6, 6.07) is 7.89. The molecule has 0 spiro atoms. The van der Waals surface area contributed by atoms with Gasteiger partial charge in [0.1, 0.15) is 0 Å². The number of rotatable bonds is 2. The van der Waals surface area contributed by atoms with E-state index in [2.05, 4.69) is 0 Å². The van der Waals surface area contributed by atoms with Crippen LogP contribution in [0.2, 0.25) is 0 Å². The van der Waals surface area contributed by atoms with Gasteiger partial charge < -0.3 is 0 Å². The Morgan fingerprint density at radius 1 is 1.06 bits per heavy atom. The molecule has 1 aromatic heterocycles. The van der Waals surface area contributed by atoms with Gasteiger partial charge in [-0.05, 0) is 44.9 Å². The van der Waals surface area contributed by atoms with E-state index in [-0.39, 0.29) is 5.78 Å². The Bertz CT molecular complexity index is 579. The van der Waals surface area contributed by atoms with Gasteiger partial charge in [0.2, 0.25) is 0 Å². The molecule has 88 valence electrons. The zero-order chi connectivity index (χ0) is 12.6. The summed E-state index contributed by atoms with van der Waals surface area (Å²) in [6.07, 6.45) is 0. The topological polar surface area (TPSA) is 17.1 Å². The molecule has 2 heteroatoms. The van der Waals surface area contributed by atoms with Crippen molar-refractivity contribution in [3.63, 3.8) is 0 Å². The molecule has 2 rings (SSSR count). The summed E-state index contributed by atoms with van der Waals surface area (Å²) in [4.78, 5) is 14.8. The smallest absolute Gasteiger partial charge is 0.194 e. The Morgan fingerprint density at radius 3 is 2.35 bits per heavy atom. The third-order valence-electron chi connectivity index (χ3n) is 3.13. The Morgan fingerprint density at radius 2 is 1.76 bits per heavy atom. The molecule has 1 heterocycles. The van der Waals surface area contributed by atoms with E-state index in [1.54, 1.807) is 11.3 Å². The molecule has 1 nitrogen and oxygen atoms in total. The van der Waals surface area contributed by atoms with Crippen LogP contribution >= 0.6 is 11.3 Å². The van der Waals surface area contributed by atoms with Crippen LogP contribution < -0.4 is 0 Å². The minimum atomic E-state index is 0.146. The lowest BCUT2D eigenvalue weighted by Gasteiger charge is -2.07. The number of thiophene rings is 1. The monoisotopic (exact) mass is 244 g/mol. The van der Waals surface area contributed by atoms with Gasteiger partial charge in [0, 0.05) is 20.9 Å². The average molecular weight is 244 g/mol. The van der Waals surface area contributed by atoms with Gasteiger partial charge in [-0.2, -0.15) is 0 Å². The van der Waals surface area contributed by atoms with E-state index in [1.165, 1.54) is 10.4 Å². The third kappa shape index (κ3) is 2.18. The maximum Gasteiger partial charge on any atom is 0.194 e. The molecule has 0 unspecified atom stereocenters. The molecular weight excluding hydrogens is 228 g/mol.